The SMILES string of the molecule is CNC(C)CCS(=O)(=O)c1ccccc1OC. The average Bonchev–Trinajstić information content (AvgIpc) is 2.35. The summed E-state index contributed by atoms with van der Waals surface area (Å²) in [6.45, 7) is 1.96. The highest BCUT2D eigenvalue weighted by Gasteiger charge is 2.19. The molecule has 0 aliphatic heterocycles. The first-order chi connectivity index (χ1) is 8.01. The first-order valence-corrected chi connectivity index (χ1v) is 7.19. The molecule has 0 spiro atoms. The van der Waals surface area contributed by atoms with E-state index in [4.69, 9.17) is 4.74 Å². The summed E-state index contributed by atoms with van der Waals surface area (Å²) in [5, 5.41) is 3.02. The summed E-state index contributed by atoms with van der Waals surface area (Å²) in [5.74, 6) is 0.527. The fraction of sp³-hybridized carbons (Fsp3) is 0.500. The van der Waals surface area contributed by atoms with Crippen molar-refractivity contribution in [1.82, 2.24) is 5.32 Å². The maximum Gasteiger partial charge on any atom is 0.182 e. The predicted molar refractivity (Wildman–Crippen MR) is 68.2 cm³/mol. The van der Waals surface area contributed by atoms with E-state index in [-0.39, 0.29) is 16.7 Å². The van der Waals surface area contributed by atoms with Crippen molar-refractivity contribution >= 4 is 9.84 Å². The fourth-order valence-electron chi connectivity index (χ4n) is 1.46. The molecule has 17 heavy (non-hydrogen) atoms. The molecule has 0 aliphatic carbocycles. The molecule has 0 saturated carbocycles. The van der Waals surface area contributed by atoms with Crippen LogP contribution < -0.4 is 10.1 Å². The van der Waals surface area contributed by atoms with Crippen molar-refractivity contribution in [2.24, 2.45) is 0 Å². The molecule has 5 heteroatoms. The molecule has 0 saturated heterocycles. The Hall–Kier alpha value is -1.07. The topological polar surface area (TPSA) is 55.4 Å². The van der Waals surface area contributed by atoms with E-state index in [2.05, 4.69) is 5.32 Å². The predicted octanol–water partition coefficient (Wildman–Crippen LogP) is 1.47. The number of nitrogens with one attached hydrogen (secondary N) is 1. The van der Waals surface area contributed by atoms with Crippen LogP contribution in [0, 0.1) is 0 Å². The lowest BCUT2D eigenvalue weighted by molar-refractivity contribution is 0.402. The molecule has 0 bridgehead atoms. The summed E-state index contributed by atoms with van der Waals surface area (Å²) in [4.78, 5) is 0.269. The van der Waals surface area contributed by atoms with Crippen LogP contribution in [0.4, 0.5) is 0 Å². The lowest BCUT2D eigenvalue weighted by atomic mass is 10.3. The van der Waals surface area contributed by atoms with E-state index in [1.165, 1.54) is 7.11 Å². The first-order valence-electron chi connectivity index (χ1n) is 5.54. The van der Waals surface area contributed by atoms with Crippen molar-refractivity contribution in [3.63, 3.8) is 0 Å². The van der Waals surface area contributed by atoms with Gasteiger partial charge in [0.05, 0.1) is 12.9 Å². The number of rotatable bonds is 6. The van der Waals surface area contributed by atoms with Gasteiger partial charge in [-0.3, -0.25) is 0 Å². The zero-order chi connectivity index (χ0) is 12.9. The van der Waals surface area contributed by atoms with Gasteiger partial charge in [0.25, 0.3) is 0 Å². The molecular weight excluding hydrogens is 238 g/mol. The zero-order valence-electron chi connectivity index (χ0n) is 10.4. The van der Waals surface area contributed by atoms with Crippen molar-refractivity contribution in [3.05, 3.63) is 24.3 Å². The molecule has 1 aromatic carbocycles. The molecule has 0 aliphatic rings. The van der Waals surface area contributed by atoms with E-state index >= 15 is 0 Å². The van der Waals surface area contributed by atoms with Crippen LogP contribution in [-0.2, 0) is 9.84 Å². The third-order valence-corrected chi connectivity index (χ3v) is 4.50. The van der Waals surface area contributed by atoms with Gasteiger partial charge >= 0.3 is 0 Å². The lowest BCUT2D eigenvalue weighted by Crippen LogP contribution is -2.24. The molecule has 0 radical (unpaired) electrons. The van der Waals surface area contributed by atoms with Crippen molar-refractivity contribution in [1.29, 1.82) is 0 Å². The Balaban J connectivity index is 2.89. The Morgan fingerprint density at radius 1 is 1.35 bits per heavy atom. The van der Waals surface area contributed by atoms with Gasteiger partial charge < -0.3 is 10.1 Å². The van der Waals surface area contributed by atoms with Crippen LogP contribution >= 0.6 is 0 Å². The quantitative estimate of drug-likeness (QED) is 0.838. The van der Waals surface area contributed by atoms with Gasteiger partial charge in [-0.1, -0.05) is 12.1 Å². The summed E-state index contributed by atoms with van der Waals surface area (Å²) in [6, 6.07) is 6.89. The minimum absolute atomic E-state index is 0.120. The van der Waals surface area contributed by atoms with E-state index in [0.717, 1.165) is 0 Å². The number of ether oxygens (including phenoxy) is 1. The van der Waals surface area contributed by atoms with E-state index in [0.29, 0.717) is 12.2 Å². The summed E-state index contributed by atoms with van der Waals surface area (Å²) >= 11 is 0. The van der Waals surface area contributed by atoms with Gasteiger partial charge in [0, 0.05) is 6.04 Å². The standard InChI is InChI=1S/C12H19NO3S/c1-10(13-2)8-9-17(14,15)12-7-5-4-6-11(12)16-3/h4-7,10,13H,8-9H2,1-3H3. The van der Waals surface area contributed by atoms with Crippen LogP contribution in [-0.4, -0.2) is 34.4 Å². The van der Waals surface area contributed by atoms with E-state index < -0.39 is 9.84 Å². The Labute approximate surface area is 103 Å². The third-order valence-electron chi connectivity index (χ3n) is 2.72. The molecule has 96 valence electrons. The van der Waals surface area contributed by atoms with E-state index in [1.54, 1.807) is 24.3 Å². The van der Waals surface area contributed by atoms with Gasteiger partial charge in [0.2, 0.25) is 0 Å². The molecule has 0 amide bonds. The van der Waals surface area contributed by atoms with Gasteiger partial charge in [-0.2, -0.15) is 0 Å². The van der Waals surface area contributed by atoms with Crippen molar-refractivity contribution in [2.75, 3.05) is 19.9 Å². The second-order valence-electron chi connectivity index (χ2n) is 3.95. The number of methoxy groups -OCH3 is 1. The van der Waals surface area contributed by atoms with Gasteiger partial charge in [-0.15, -0.1) is 0 Å². The molecule has 4 nitrogen and oxygen atoms in total. The van der Waals surface area contributed by atoms with Crippen LogP contribution in [0.5, 0.6) is 5.75 Å². The maximum atomic E-state index is 12.1. The largest absolute Gasteiger partial charge is 0.495 e. The summed E-state index contributed by atoms with van der Waals surface area (Å²) < 4.78 is 29.3. The summed E-state index contributed by atoms with van der Waals surface area (Å²) in [7, 11) is 0.0234. The van der Waals surface area contributed by atoms with Crippen molar-refractivity contribution in [2.45, 2.75) is 24.3 Å². The molecule has 0 aromatic heterocycles. The van der Waals surface area contributed by atoms with Gasteiger partial charge in [-0.25, -0.2) is 8.42 Å². The van der Waals surface area contributed by atoms with Gasteiger partial charge in [0.15, 0.2) is 9.84 Å². The molecule has 1 atom stereocenters. The van der Waals surface area contributed by atoms with Crippen molar-refractivity contribution < 1.29 is 13.2 Å². The number of para-hydroxylation sites is 1. The minimum Gasteiger partial charge on any atom is -0.495 e. The fourth-order valence-corrected chi connectivity index (χ4v) is 3.09. The van der Waals surface area contributed by atoms with Gasteiger partial charge in [-0.05, 0) is 32.5 Å². The number of sulfone groups is 1. The first kappa shape index (κ1) is 14.0. The highest BCUT2D eigenvalue weighted by Crippen LogP contribution is 2.24. The zero-order valence-corrected chi connectivity index (χ0v) is 11.3. The third kappa shape index (κ3) is 3.71. The van der Waals surface area contributed by atoms with Crippen LogP contribution in [0.2, 0.25) is 0 Å². The minimum atomic E-state index is -3.27. The van der Waals surface area contributed by atoms with Crippen LogP contribution in [0.1, 0.15) is 13.3 Å². The van der Waals surface area contributed by atoms with Crippen LogP contribution in [0.25, 0.3) is 0 Å². The number of hydrogen-bond donors (Lipinski definition) is 1. The molecule has 1 N–H and O–H groups in total. The smallest absolute Gasteiger partial charge is 0.182 e. The summed E-state index contributed by atoms with van der Waals surface area (Å²) in [6.07, 6.45) is 0.580. The molecular formula is C12H19NO3S. The highest BCUT2D eigenvalue weighted by molar-refractivity contribution is 7.91. The Kier molecular flexibility index (Phi) is 4.96. The Bertz CT molecular complexity index is 457. The monoisotopic (exact) mass is 257 g/mol. The van der Waals surface area contributed by atoms with Crippen LogP contribution in [0.15, 0.2) is 29.2 Å². The Morgan fingerprint density at radius 2 is 2.00 bits per heavy atom. The molecule has 1 rings (SSSR count). The van der Waals surface area contributed by atoms with E-state index in [1.807, 2.05) is 14.0 Å². The van der Waals surface area contributed by atoms with Gasteiger partial charge in [0.1, 0.15) is 10.6 Å². The second-order valence-corrected chi connectivity index (χ2v) is 6.03. The normalized spacial score (nSPS) is 13.4. The summed E-state index contributed by atoms with van der Waals surface area (Å²) in [5.41, 5.74) is 0. The molecule has 1 aromatic rings. The van der Waals surface area contributed by atoms with E-state index in [9.17, 15) is 8.42 Å². The molecule has 1 unspecified atom stereocenters. The van der Waals surface area contributed by atoms with Crippen LogP contribution in [0.3, 0.4) is 0 Å². The Morgan fingerprint density at radius 3 is 2.59 bits per heavy atom. The van der Waals surface area contributed by atoms with Crippen molar-refractivity contribution in [3.8, 4) is 5.75 Å². The lowest BCUT2D eigenvalue weighted by Gasteiger charge is -2.12. The second kappa shape index (κ2) is 6.02. The number of hydrogen-bond acceptors (Lipinski definition) is 4. The maximum absolute atomic E-state index is 12.1. The molecule has 0 heterocycles. The molecule has 0 fully saturated rings. The average molecular weight is 257 g/mol. The number of benzene rings is 1. The highest BCUT2D eigenvalue weighted by atomic mass is 32.2.